The zero-order valence-corrected chi connectivity index (χ0v) is 17.4. The number of sulfonamides is 1. The van der Waals surface area contributed by atoms with Gasteiger partial charge in [-0.25, -0.2) is 13.1 Å². The molecule has 6 nitrogen and oxygen atoms in total. The molecule has 0 amide bonds. The molecule has 146 valence electrons. The molecular weight excluding hydrogens is 385 g/mol. The van der Waals surface area contributed by atoms with Gasteiger partial charge in [-0.05, 0) is 44.5 Å². The number of piperazine rings is 1. The highest BCUT2D eigenvalue weighted by Crippen LogP contribution is 2.22. The van der Waals surface area contributed by atoms with Gasteiger partial charge in [0.25, 0.3) is 0 Å². The smallest absolute Gasteiger partial charge is 0.240 e. The summed E-state index contributed by atoms with van der Waals surface area (Å²) in [5.74, 6) is 0.722. The second kappa shape index (κ2) is 11.2. The van der Waals surface area contributed by atoms with Crippen molar-refractivity contribution in [3.8, 4) is 5.75 Å². The Morgan fingerprint density at radius 3 is 2.44 bits per heavy atom. The van der Waals surface area contributed by atoms with Crippen LogP contribution in [0.1, 0.15) is 19.4 Å². The molecule has 25 heavy (non-hydrogen) atoms. The van der Waals surface area contributed by atoms with Gasteiger partial charge in [0, 0.05) is 39.3 Å². The van der Waals surface area contributed by atoms with Crippen LogP contribution in [0, 0.1) is 6.92 Å². The molecule has 1 aromatic carbocycles. The summed E-state index contributed by atoms with van der Waals surface area (Å²) in [6.07, 6.45) is 0.0633. The van der Waals surface area contributed by atoms with Gasteiger partial charge in [0.1, 0.15) is 5.75 Å². The van der Waals surface area contributed by atoms with Crippen LogP contribution in [0.2, 0.25) is 0 Å². The number of halogens is 2. The van der Waals surface area contributed by atoms with Crippen LogP contribution in [0.25, 0.3) is 0 Å². The molecule has 1 aromatic rings. The first kappa shape index (κ1) is 24.4. The maximum atomic E-state index is 12.4. The van der Waals surface area contributed by atoms with Crippen LogP contribution in [-0.4, -0.2) is 58.7 Å². The summed E-state index contributed by atoms with van der Waals surface area (Å²) in [5.41, 5.74) is 0.823. The number of hydrogen-bond donors (Lipinski definition) is 2. The van der Waals surface area contributed by atoms with Crippen molar-refractivity contribution in [2.75, 3.05) is 39.3 Å². The number of benzene rings is 1. The third-order valence-corrected chi connectivity index (χ3v) is 5.21. The van der Waals surface area contributed by atoms with Crippen LogP contribution in [0.15, 0.2) is 23.1 Å². The molecule has 0 aliphatic carbocycles. The highest BCUT2D eigenvalue weighted by Gasteiger charge is 2.16. The van der Waals surface area contributed by atoms with Gasteiger partial charge in [-0.15, -0.1) is 24.8 Å². The highest BCUT2D eigenvalue weighted by molar-refractivity contribution is 7.89. The quantitative estimate of drug-likeness (QED) is 0.712. The molecule has 0 spiro atoms. The average molecular weight is 414 g/mol. The summed E-state index contributed by atoms with van der Waals surface area (Å²) in [4.78, 5) is 2.54. The first-order valence-electron chi connectivity index (χ1n) is 8.08. The predicted molar refractivity (Wildman–Crippen MR) is 106 cm³/mol. The van der Waals surface area contributed by atoms with Crippen LogP contribution < -0.4 is 14.8 Å². The fourth-order valence-electron chi connectivity index (χ4n) is 2.53. The Hall–Kier alpha value is -0.570. The molecule has 1 saturated heterocycles. The number of nitrogens with zero attached hydrogens (tertiary/aromatic N) is 1. The lowest BCUT2D eigenvalue weighted by Gasteiger charge is -2.27. The Balaban J connectivity index is 0.00000288. The van der Waals surface area contributed by atoms with Gasteiger partial charge in [-0.1, -0.05) is 0 Å². The van der Waals surface area contributed by atoms with E-state index in [0.29, 0.717) is 6.54 Å². The Labute approximate surface area is 163 Å². The monoisotopic (exact) mass is 413 g/mol. The molecule has 0 bridgehead atoms. The lowest BCUT2D eigenvalue weighted by Crippen LogP contribution is -2.46. The van der Waals surface area contributed by atoms with Crippen molar-refractivity contribution in [2.45, 2.75) is 31.8 Å². The largest absolute Gasteiger partial charge is 0.491 e. The van der Waals surface area contributed by atoms with Gasteiger partial charge < -0.3 is 10.1 Å². The van der Waals surface area contributed by atoms with E-state index >= 15 is 0 Å². The fourth-order valence-corrected chi connectivity index (χ4v) is 3.64. The van der Waals surface area contributed by atoms with Gasteiger partial charge >= 0.3 is 0 Å². The van der Waals surface area contributed by atoms with Gasteiger partial charge in [0.2, 0.25) is 10.0 Å². The summed E-state index contributed by atoms with van der Waals surface area (Å²) in [6, 6.07) is 4.98. The van der Waals surface area contributed by atoms with Crippen molar-refractivity contribution < 1.29 is 13.2 Å². The van der Waals surface area contributed by atoms with E-state index in [1.807, 2.05) is 20.8 Å². The minimum atomic E-state index is -3.48. The van der Waals surface area contributed by atoms with Crippen molar-refractivity contribution in [3.05, 3.63) is 23.8 Å². The first-order chi connectivity index (χ1) is 10.9. The zero-order valence-electron chi connectivity index (χ0n) is 14.9. The van der Waals surface area contributed by atoms with Gasteiger partial charge in [-0.2, -0.15) is 0 Å². The third kappa shape index (κ3) is 7.68. The minimum absolute atomic E-state index is 0. The van der Waals surface area contributed by atoms with E-state index in [-0.39, 0.29) is 35.8 Å². The topological polar surface area (TPSA) is 70.7 Å². The summed E-state index contributed by atoms with van der Waals surface area (Å²) < 4.78 is 33.1. The average Bonchev–Trinajstić information content (AvgIpc) is 2.49. The Morgan fingerprint density at radius 2 is 1.88 bits per heavy atom. The number of aryl methyl sites for hydroxylation is 1. The van der Waals surface area contributed by atoms with Crippen LogP contribution in [-0.2, 0) is 10.0 Å². The van der Waals surface area contributed by atoms with E-state index in [4.69, 9.17) is 4.74 Å². The number of rotatable bonds is 7. The molecule has 1 aliphatic heterocycles. The normalized spacial score (nSPS) is 15.4. The molecule has 0 unspecified atom stereocenters. The molecule has 1 aliphatic rings. The van der Waals surface area contributed by atoms with Crippen LogP contribution in [0.3, 0.4) is 0 Å². The van der Waals surface area contributed by atoms with E-state index in [2.05, 4.69) is 14.9 Å². The Morgan fingerprint density at radius 1 is 1.24 bits per heavy atom. The van der Waals surface area contributed by atoms with Crippen LogP contribution in [0.4, 0.5) is 0 Å². The fraction of sp³-hybridized carbons (Fsp3) is 0.625. The van der Waals surface area contributed by atoms with E-state index in [0.717, 1.165) is 44.0 Å². The molecule has 0 atom stereocenters. The number of ether oxygens (including phenoxy) is 1. The number of nitrogens with one attached hydrogen (secondary N) is 2. The molecular formula is C16H29Cl2N3O3S. The first-order valence-corrected chi connectivity index (χ1v) is 9.57. The van der Waals surface area contributed by atoms with Gasteiger partial charge in [-0.3, -0.25) is 4.90 Å². The molecule has 2 N–H and O–H groups in total. The molecule has 1 heterocycles. The molecule has 2 rings (SSSR count). The second-order valence-electron chi connectivity index (χ2n) is 6.08. The van der Waals surface area contributed by atoms with E-state index in [1.54, 1.807) is 18.2 Å². The van der Waals surface area contributed by atoms with Gasteiger partial charge in [0.05, 0.1) is 11.0 Å². The molecule has 0 saturated carbocycles. The van der Waals surface area contributed by atoms with Crippen LogP contribution >= 0.6 is 24.8 Å². The lowest BCUT2D eigenvalue weighted by molar-refractivity contribution is 0.240. The van der Waals surface area contributed by atoms with E-state index in [1.165, 1.54) is 0 Å². The maximum absolute atomic E-state index is 12.4. The van der Waals surface area contributed by atoms with Crippen molar-refractivity contribution in [1.29, 1.82) is 0 Å². The standard InChI is InChI=1S/C16H27N3O3S.2ClH/c1-13(2)22-16-5-4-15(12-14(16)3)23(20,21)18-8-11-19-9-6-17-7-10-19;;/h4-5,12-13,17-18H,6-11H2,1-3H3;2*1H. The molecule has 0 radical (unpaired) electrons. The van der Waals surface area contributed by atoms with Crippen molar-refractivity contribution >= 4 is 34.8 Å². The Bertz CT molecular complexity index is 621. The van der Waals surface area contributed by atoms with Gasteiger partial charge in [0.15, 0.2) is 0 Å². The van der Waals surface area contributed by atoms with Crippen LogP contribution in [0.5, 0.6) is 5.75 Å². The minimum Gasteiger partial charge on any atom is -0.491 e. The van der Waals surface area contributed by atoms with Crippen molar-refractivity contribution in [3.63, 3.8) is 0 Å². The molecule has 1 fully saturated rings. The van der Waals surface area contributed by atoms with Crippen molar-refractivity contribution in [1.82, 2.24) is 14.9 Å². The van der Waals surface area contributed by atoms with E-state index in [9.17, 15) is 8.42 Å². The number of hydrogen-bond acceptors (Lipinski definition) is 5. The van der Waals surface area contributed by atoms with Crippen molar-refractivity contribution in [2.24, 2.45) is 0 Å². The summed E-state index contributed by atoms with van der Waals surface area (Å²) >= 11 is 0. The molecule has 9 heteroatoms. The summed E-state index contributed by atoms with van der Waals surface area (Å²) in [6.45, 7) is 10.7. The Kier molecular flexibility index (Phi) is 11.0. The predicted octanol–water partition coefficient (Wildman–Crippen LogP) is 1.81. The SMILES string of the molecule is Cc1cc(S(=O)(=O)NCCN2CCNCC2)ccc1OC(C)C.Cl.Cl. The molecule has 0 aromatic heterocycles. The second-order valence-corrected chi connectivity index (χ2v) is 7.85. The highest BCUT2D eigenvalue weighted by atomic mass is 35.5. The summed E-state index contributed by atoms with van der Waals surface area (Å²) in [7, 11) is -3.48. The summed E-state index contributed by atoms with van der Waals surface area (Å²) in [5, 5.41) is 3.28. The maximum Gasteiger partial charge on any atom is 0.240 e. The lowest BCUT2D eigenvalue weighted by atomic mass is 10.2. The third-order valence-electron chi connectivity index (χ3n) is 3.75. The zero-order chi connectivity index (χ0) is 16.9. The van der Waals surface area contributed by atoms with E-state index < -0.39 is 10.0 Å².